The Hall–Kier alpha value is -1.56. The molecule has 0 N–H and O–H groups in total. The molecular formula is C10H9N3S. The van der Waals surface area contributed by atoms with E-state index in [1.54, 1.807) is 0 Å². The first-order valence-electron chi connectivity index (χ1n) is 4.06. The van der Waals surface area contributed by atoms with E-state index < -0.39 is 0 Å². The number of rotatable bonds is 2. The van der Waals surface area contributed by atoms with Crippen molar-refractivity contribution in [3.8, 4) is 11.8 Å². The fraction of sp³-hybridized carbons (Fsp3) is 0.200. The molecule has 0 saturated heterocycles. The predicted molar refractivity (Wildman–Crippen MR) is 60.0 cm³/mol. The number of benzene rings is 1. The van der Waals surface area contributed by atoms with Crippen LogP contribution in [0.2, 0.25) is 0 Å². The van der Waals surface area contributed by atoms with Gasteiger partial charge in [0.05, 0.1) is 6.54 Å². The van der Waals surface area contributed by atoms with Crippen LogP contribution in [0.15, 0.2) is 29.4 Å². The van der Waals surface area contributed by atoms with Gasteiger partial charge in [-0.15, -0.1) is 0 Å². The van der Waals surface area contributed by atoms with Crippen LogP contribution in [-0.4, -0.2) is 6.54 Å². The van der Waals surface area contributed by atoms with Crippen molar-refractivity contribution in [2.24, 2.45) is 5.11 Å². The van der Waals surface area contributed by atoms with Crippen LogP contribution >= 0.6 is 12.6 Å². The van der Waals surface area contributed by atoms with Crippen LogP contribution in [0.3, 0.4) is 0 Å². The second-order valence-electron chi connectivity index (χ2n) is 2.55. The van der Waals surface area contributed by atoms with E-state index in [2.05, 4.69) is 34.5 Å². The molecule has 4 heteroatoms. The molecule has 1 rings (SSSR count). The average Bonchev–Trinajstić information content (AvgIpc) is 2.25. The minimum absolute atomic E-state index is 0.210. The van der Waals surface area contributed by atoms with E-state index in [4.69, 9.17) is 5.53 Å². The van der Waals surface area contributed by atoms with Gasteiger partial charge in [-0.1, -0.05) is 29.1 Å². The average molecular weight is 203 g/mol. The third-order valence-electron chi connectivity index (χ3n) is 1.56. The second-order valence-corrected chi connectivity index (χ2v) is 2.87. The molecule has 0 atom stereocenters. The summed E-state index contributed by atoms with van der Waals surface area (Å²) in [7, 11) is 0. The molecule has 3 nitrogen and oxygen atoms in total. The van der Waals surface area contributed by atoms with Gasteiger partial charge in [0.2, 0.25) is 0 Å². The van der Waals surface area contributed by atoms with Gasteiger partial charge >= 0.3 is 0 Å². The van der Waals surface area contributed by atoms with Crippen LogP contribution in [-0.2, 0) is 5.75 Å². The van der Waals surface area contributed by atoms with Crippen molar-refractivity contribution in [2.45, 2.75) is 5.75 Å². The Bertz CT molecular complexity index is 411. The monoisotopic (exact) mass is 203 g/mol. The minimum Gasteiger partial charge on any atom is -0.175 e. The lowest BCUT2D eigenvalue weighted by molar-refractivity contribution is 1.25. The molecule has 0 aliphatic rings. The largest absolute Gasteiger partial charge is 0.175 e. The number of azide groups is 1. The van der Waals surface area contributed by atoms with Gasteiger partial charge in [0.1, 0.15) is 0 Å². The SMILES string of the molecule is [N-]=[N+]=NCC#Cc1cccc(CS)c1. The highest BCUT2D eigenvalue weighted by molar-refractivity contribution is 7.79. The molecule has 0 aliphatic carbocycles. The molecule has 0 fully saturated rings. The van der Waals surface area contributed by atoms with Gasteiger partial charge < -0.3 is 0 Å². The first-order valence-corrected chi connectivity index (χ1v) is 4.69. The first kappa shape index (κ1) is 10.5. The zero-order valence-corrected chi connectivity index (χ0v) is 8.41. The number of nitrogens with zero attached hydrogens (tertiary/aromatic N) is 3. The van der Waals surface area contributed by atoms with E-state index in [0.29, 0.717) is 5.75 Å². The van der Waals surface area contributed by atoms with E-state index in [1.165, 1.54) is 0 Å². The number of thiol groups is 1. The third kappa shape index (κ3) is 3.44. The van der Waals surface area contributed by atoms with Gasteiger partial charge in [-0.3, -0.25) is 0 Å². The first-order chi connectivity index (χ1) is 6.86. The van der Waals surface area contributed by atoms with E-state index in [1.807, 2.05) is 24.3 Å². The predicted octanol–water partition coefficient (Wildman–Crippen LogP) is 2.78. The smallest absolute Gasteiger partial charge is 0.0880 e. The van der Waals surface area contributed by atoms with Crippen molar-refractivity contribution >= 4 is 12.6 Å². The van der Waals surface area contributed by atoms with Crippen molar-refractivity contribution < 1.29 is 0 Å². The van der Waals surface area contributed by atoms with E-state index >= 15 is 0 Å². The topological polar surface area (TPSA) is 48.8 Å². The standard InChI is InChI=1S/C10H9N3S/c11-13-12-6-2-5-9-3-1-4-10(7-9)8-14/h1,3-4,7,14H,6,8H2. The minimum atomic E-state index is 0.210. The van der Waals surface area contributed by atoms with E-state index in [9.17, 15) is 0 Å². The Balaban J connectivity index is 2.73. The lowest BCUT2D eigenvalue weighted by Gasteiger charge is -1.95. The molecule has 0 bridgehead atoms. The molecule has 0 amide bonds. The van der Waals surface area contributed by atoms with Crippen LogP contribution in [0.25, 0.3) is 10.4 Å². The molecule has 0 aliphatic heterocycles. The van der Waals surface area contributed by atoms with Crippen LogP contribution in [0.1, 0.15) is 11.1 Å². The zero-order chi connectivity index (χ0) is 10.2. The van der Waals surface area contributed by atoms with Crippen molar-refractivity contribution in [2.75, 3.05) is 6.54 Å². The van der Waals surface area contributed by atoms with Crippen molar-refractivity contribution in [1.29, 1.82) is 0 Å². The molecular weight excluding hydrogens is 194 g/mol. The fourth-order valence-electron chi connectivity index (χ4n) is 0.956. The van der Waals surface area contributed by atoms with Crippen LogP contribution < -0.4 is 0 Å². The van der Waals surface area contributed by atoms with Crippen molar-refractivity contribution in [1.82, 2.24) is 0 Å². The Kier molecular flexibility index (Phi) is 4.49. The maximum atomic E-state index is 8.03. The molecule has 0 spiro atoms. The summed E-state index contributed by atoms with van der Waals surface area (Å²) in [5.41, 5.74) is 10.1. The Morgan fingerprint density at radius 3 is 3.07 bits per heavy atom. The Morgan fingerprint density at radius 1 is 1.50 bits per heavy atom. The molecule has 0 aromatic heterocycles. The molecule has 1 aromatic rings. The Labute approximate surface area is 88.2 Å². The van der Waals surface area contributed by atoms with Gasteiger partial charge in [-0.2, -0.15) is 12.6 Å². The van der Waals surface area contributed by atoms with Gasteiger partial charge in [-0.25, -0.2) is 0 Å². The lowest BCUT2D eigenvalue weighted by atomic mass is 10.1. The highest BCUT2D eigenvalue weighted by Crippen LogP contribution is 2.05. The molecule has 0 heterocycles. The van der Waals surface area contributed by atoms with Crippen LogP contribution in [0, 0.1) is 11.8 Å². The summed E-state index contributed by atoms with van der Waals surface area (Å²) in [5, 5.41) is 3.32. The van der Waals surface area contributed by atoms with Gasteiger partial charge in [0.15, 0.2) is 0 Å². The Morgan fingerprint density at radius 2 is 2.36 bits per heavy atom. The summed E-state index contributed by atoms with van der Waals surface area (Å²) in [6.07, 6.45) is 0. The summed E-state index contributed by atoms with van der Waals surface area (Å²) in [6.45, 7) is 0.210. The fourth-order valence-corrected chi connectivity index (χ4v) is 1.15. The summed E-state index contributed by atoms with van der Waals surface area (Å²) >= 11 is 4.17. The normalized spacial score (nSPS) is 8.36. The quantitative estimate of drug-likeness (QED) is 0.253. The molecule has 14 heavy (non-hydrogen) atoms. The third-order valence-corrected chi connectivity index (χ3v) is 1.92. The lowest BCUT2D eigenvalue weighted by Crippen LogP contribution is -1.80. The van der Waals surface area contributed by atoms with Gasteiger partial charge in [-0.05, 0) is 23.2 Å². The molecule has 70 valence electrons. The maximum Gasteiger partial charge on any atom is 0.0880 e. The zero-order valence-electron chi connectivity index (χ0n) is 7.51. The van der Waals surface area contributed by atoms with Gasteiger partial charge in [0.25, 0.3) is 0 Å². The summed E-state index contributed by atoms with van der Waals surface area (Å²) in [4.78, 5) is 2.61. The number of hydrogen-bond donors (Lipinski definition) is 1. The van der Waals surface area contributed by atoms with Gasteiger partial charge in [0, 0.05) is 16.2 Å². The maximum absolute atomic E-state index is 8.03. The highest BCUT2D eigenvalue weighted by Gasteiger charge is 1.89. The van der Waals surface area contributed by atoms with E-state index in [0.717, 1.165) is 11.1 Å². The van der Waals surface area contributed by atoms with Crippen LogP contribution in [0.4, 0.5) is 0 Å². The summed E-state index contributed by atoms with van der Waals surface area (Å²) in [6, 6.07) is 7.81. The summed E-state index contributed by atoms with van der Waals surface area (Å²) in [5.74, 6) is 6.36. The number of hydrogen-bond acceptors (Lipinski definition) is 2. The molecule has 0 radical (unpaired) electrons. The molecule has 0 unspecified atom stereocenters. The molecule has 0 saturated carbocycles. The van der Waals surface area contributed by atoms with Crippen molar-refractivity contribution in [3.05, 3.63) is 45.8 Å². The van der Waals surface area contributed by atoms with E-state index in [-0.39, 0.29) is 6.54 Å². The van der Waals surface area contributed by atoms with Crippen LogP contribution in [0.5, 0.6) is 0 Å². The summed E-state index contributed by atoms with van der Waals surface area (Å²) < 4.78 is 0. The second kappa shape index (κ2) is 5.98. The highest BCUT2D eigenvalue weighted by atomic mass is 32.1. The van der Waals surface area contributed by atoms with Crippen molar-refractivity contribution in [3.63, 3.8) is 0 Å². The molecule has 1 aromatic carbocycles.